The predicted octanol–water partition coefficient (Wildman–Crippen LogP) is 3.92. The molecule has 1 aromatic heterocycles. The molecule has 6 nitrogen and oxygen atoms in total. The molecule has 0 saturated carbocycles. The standard InChI is InChI=1S/C22H24F3N3O3/c1-30-18-11-15(12-19(13-18)31-2)3-6-21(29)27-17-7-9-28(10-8-17)20-5-4-16(14-26-20)22(23,24)25/h3-6,11-14,17H,7-10H2,1-2H3,(H,27,29). The number of hydrogen-bond donors (Lipinski definition) is 1. The molecule has 0 aliphatic carbocycles. The zero-order valence-corrected chi connectivity index (χ0v) is 17.3. The Morgan fingerprint density at radius 1 is 1.13 bits per heavy atom. The van der Waals surface area contributed by atoms with E-state index in [1.165, 1.54) is 12.1 Å². The van der Waals surface area contributed by atoms with E-state index < -0.39 is 11.7 Å². The van der Waals surface area contributed by atoms with Crippen molar-refractivity contribution in [3.05, 3.63) is 53.7 Å². The molecule has 1 saturated heterocycles. The largest absolute Gasteiger partial charge is 0.497 e. The molecule has 1 fully saturated rings. The molecule has 0 unspecified atom stereocenters. The fourth-order valence-electron chi connectivity index (χ4n) is 3.34. The Kier molecular flexibility index (Phi) is 7.04. The summed E-state index contributed by atoms with van der Waals surface area (Å²) >= 11 is 0. The molecule has 1 amide bonds. The van der Waals surface area contributed by atoms with Gasteiger partial charge in [-0.25, -0.2) is 4.98 Å². The van der Waals surface area contributed by atoms with Gasteiger partial charge in [0, 0.05) is 37.5 Å². The maximum Gasteiger partial charge on any atom is 0.417 e. The monoisotopic (exact) mass is 435 g/mol. The van der Waals surface area contributed by atoms with Crippen LogP contribution in [-0.4, -0.2) is 44.2 Å². The Morgan fingerprint density at radius 3 is 2.29 bits per heavy atom. The number of pyridine rings is 1. The molecule has 31 heavy (non-hydrogen) atoms. The lowest BCUT2D eigenvalue weighted by molar-refractivity contribution is -0.137. The number of anilines is 1. The number of halogens is 3. The Morgan fingerprint density at radius 2 is 1.77 bits per heavy atom. The van der Waals surface area contributed by atoms with E-state index in [0.29, 0.717) is 43.2 Å². The summed E-state index contributed by atoms with van der Waals surface area (Å²) in [6, 6.07) is 7.74. The maximum absolute atomic E-state index is 12.7. The third-order valence-corrected chi connectivity index (χ3v) is 5.04. The first-order valence-corrected chi connectivity index (χ1v) is 9.78. The summed E-state index contributed by atoms with van der Waals surface area (Å²) in [5, 5.41) is 2.96. The van der Waals surface area contributed by atoms with E-state index in [-0.39, 0.29) is 11.9 Å². The van der Waals surface area contributed by atoms with Gasteiger partial charge in [0.15, 0.2) is 0 Å². The Balaban J connectivity index is 1.51. The van der Waals surface area contributed by atoms with E-state index in [1.54, 1.807) is 38.5 Å². The fourth-order valence-corrected chi connectivity index (χ4v) is 3.34. The number of methoxy groups -OCH3 is 2. The van der Waals surface area contributed by atoms with Gasteiger partial charge < -0.3 is 19.7 Å². The third-order valence-electron chi connectivity index (χ3n) is 5.04. The van der Waals surface area contributed by atoms with Crippen molar-refractivity contribution in [1.29, 1.82) is 0 Å². The summed E-state index contributed by atoms with van der Waals surface area (Å²) in [5.74, 6) is 1.55. The number of nitrogens with zero attached hydrogens (tertiary/aromatic N) is 2. The van der Waals surface area contributed by atoms with Crippen molar-refractivity contribution in [3.63, 3.8) is 0 Å². The van der Waals surface area contributed by atoms with Crippen LogP contribution in [0.1, 0.15) is 24.0 Å². The molecule has 1 aromatic carbocycles. The van der Waals surface area contributed by atoms with Gasteiger partial charge >= 0.3 is 6.18 Å². The highest BCUT2D eigenvalue weighted by molar-refractivity contribution is 5.92. The van der Waals surface area contributed by atoms with Crippen LogP contribution < -0.4 is 19.7 Å². The van der Waals surface area contributed by atoms with Gasteiger partial charge in [-0.1, -0.05) is 0 Å². The van der Waals surface area contributed by atoms with E-state index in [9.17, 15) is 18.0 Å². The van der Waals surface area contributed by atoms with Crippen molar-refractivity contribution in [2.24, 2.45) is 0 Å². The maximum atomic E-state index is 12.7. The van der Waals surface area contributed by atoms with E-state index in [0.717, 1.165) is 17.8 Å². The lowest BCUT2D eigenvalue weighted by Gasteiger charge is -2.33. The van der Waals surface area contributed by atoms with Crippen LogP contribution in [0, 0.1) is 0 Å². The summed E-state index contributed by atoms with van der Waals surface area (Å²) in [7, 11) is 3.11. The van der Waals surface area contributed by atoms with Crippen LogP contribution >= 0.6 is 0 Å². The molecule has 1 aliphatic rings. The zero-order valence-electron chi connectivity index (χ0n) is 17.3. The number of carbonyl (C=O) groups excluding carboxylic acids is 1. The zero-order chi connectivity index (χ0) is 22.4. The molecular formula is C22H24F3N3O3. The predicted molar refractivity (Wildman–Crippen MR) is 111 cm³/mol. The number of hydrogen-bond acceptors (Lipinski definition) is 5. The first kappa shape index (κ1) is 22.5. The van der Waals surface area contributed by atoms with Crippen LogP contribution in [0.5, 0.6) is 11.5 Å². The van der Waals surface area contributed by atoms with Crippen LogP contribution in [-0.2, 0) is 11.0 Å². The molecule has 1 N–H and O–H groups in total. The molecule has 166 valence electrons. The van der Waals surface area contributed by atoms with Gasteiger partial charge in [0.1, 0.15) is 17.3 Å². The molecular weight excluding hydrogens is 411 g/mol. The minimum atomic E-state index is -4.40. The summed E-state index contributed by atoms with van der Waals surface area (Å²) in [6.45, 7) is 1.19. The molecule has 0 atom stereocenters. The Hall–Kier alpha value is -3.23. The van der Waals surface area contributed by atoms with Gasteiger partial charge in [0.2, 0.25) is 5.91 Å². The van der Waals surface area contributed by atoms with Crippen LogP contribution in [0.15, 0.2) is 42.6 Å². The molecule has 0 radical (unpaired) electrons. The summed E-state index contributed by atoms with van der Waals surface area (Å²) in [6.07, 6.45) is 0.943. The number of piperidine rings is 1. The molecule has 0 bridgehead atoms. The van der Waals surface area contributed by atoms with Gasteiger partial charge in [0.05, 0.1) is 19.8 Å². The lowest BCUT2D eigenvalue weighted by Crippen LogP contribution is -2.44. The second-order valence-electron chi connectivity index (χ2n) is 7.15. The first-order valence-electron chi connectivity index (χ1n) is 9.78. The van der Waals surface area contributed by atoms with Crippen LogP contribution in [0.3, 0.4) is 0 Å². The Bertz CT molecular complexity index is 900. The van der Waals surface area contributed by atoms with E-state index >= 15 is 0 Å². The smallest absolute Gasteiger partial charge is 0.417 e. The van der Waals surface area contributed by atoms with Gasteiger partial charge in [-0.3, -0.25) is 4.79 Å². The number of nitrogens with one attached hydrogen (secondary N) is 1. The van der Waals surface area contributed by atoms with Crippen molar-refractivity contribution in [2.45, 2.75) is 25.1 Å². The average molecular weight is 435 g/mol. The van der Waals surface area contributed by atoms with Crippen LogP contribution in [0.2, 0.25) is 0 Å². The normalized spacial score (nSPS) is 15.2. The van der Waals surface area contributed by atoms with Gasteiger partial charge in [-0.2, -0.15) is 13.2 Å². The minimum absolute atomic E-state index is 0.0114. The highest BCUT2D eigenvalue weighted by atomic mass is 19.4. The summed E-state index contributed by atoms with van der Waals surface area (Å²) < 4.78 is 48.4. The second-order valence-corrected chi connectivity index (χ2v) is 7.15. The first-order chi connectivity index (χ1) is 14.8. The average Bonchev–Trinajstić information content (AvgIpc) is 2.77. The van der Waals surface area contributed by atoms with Crippen molar-refractivity contribution in [3.8, 4) is 11.5 Å². The number of ether oxygens (including phenoxy) is 2. The molecule has 3 rings (SSSR count). The number of amides is 1. The van der Waals surface area contributed by atoms with Crippen LogP contribution in [0.4, 0.5) is 19.0 Å². The summed E-state index contributed by atoms with van der Waals surface area (Å²) in [5.41, 5.74) is 0.00777. The van der Waals surface area contributed by atoms with Gasteiger partial charge in [0.25, 0.3) is 0 Å². The summed E-state index contributed by atoms with van der Waals surface area (Å²) in [4.78, 5) is 18.1. The number of alkyl halides is 3. The van der Waals surface area contributed by atoms with E-state index in [2.05, 4.69) is 10.3 Å². The van der Waals surface area contributed by atoms with Crippen molar-refractivity contribution in [2.75, 3.05) is 32.2 Å². The number of carbonyl (C=O) groups is 1. The van der Waals surface area contributed by atoms with E-state index in [1.807, 2.05) is 4.90 Å². The fraction of sp³-hybridized carbons (Fsp3) is 0.364. The molecule has 9 heteroatoms. The van der Waals surface area contributed by atoms with E-state index in [4.69, 9.17) is 9.47 Å². The molecule has 2 aromatic rings. The SMILES string of the molecule is COc1cc(C=CC(=O)NC2CCN(c3ccc(C(F)(F)F)cn3)CC2)cc(OC)c1. The molecule has 1 aliphatic heterocycles. The van der Waals surface area contributed by atoms with Gasteiger partial charge in [-0.05, 0) is 48.7 Å². The third kappa shape index (κ3) is 6.13. The minimum Gasteiger partial charge on any atom is -0.497 e. The van der Waals surface area contributed by atoms with Crippen molar-refractivity contribution < 1.29 is 27.4 Å². The quantitative estimate of drug-likeness (QED) is 0.697. The molecule has 0 spiro atoms. The Labute approximate surface area is 178 Å². The van der Waals surface area contributed by atoms with Crippen LogP contribution in [0.25, 0.3) is 6.08 Å². The lowest BCUT2D eigenvalue weighted by atomic mass is 10.0. The second kappa shape index (κ2) is 9.72. The highest BCUT2D eigenvalue weighted by Gasteiger charge is 2.31. The number of aromatic nitrogens is 1. The topological polar surface area (TPSA) is 63.7 Å². The molecule has 2 heterocycles. The van der Waals surface area contributed by atoms with Gasteiger partial charge in [-0.15, -0.1) is 0 Å². The van der Waals surface area contributed by atoms with Crippen molar-refractivity contribution >= 4 is 17.8 Å². The highest BCUT2D eigenvalue weighted by Crippen LogP contribution is 2.30. The number of rotatable bonds is 6. The number of benzene rings is 1. The van der Waals surface area contributed by atoms with Crippen molar-refractivity contribution in [1.82, 2.24) is 10.3 Å².